The molecule has 32 heavy (non-hydrogen) atoms. The number of hydrogen-bond acceptors (Lipinski definition) is 5. The summed E-state index contributed by atoms with van der Waals surface area (Å²) in [6.45, 7) is 6.32. The van der Waals surface area contributed by atoms with Crippen molar-refractivity contribution in [3.8, 4) is 5.75 Å². The number of hydrogen-bond donors (Lipinski definition) is 2. The molecular weight excluding hydrogens is 408 g/mol. The van der Waals surface area contributed by atoms with Crippen molar-refractivity contribution in [1.82, 2.24) is 5.32 Å². The third-order valence-corrected chi connectivity index (χ3v) is 4.59. The lowest BCUT2D eigenvalue weighted by Gasteiger charge is -2.09. The van der Waals surface area contributed by atoms with Crippen molar-refractivity contribution in [2.75, 3.05) is 38.9 Å². The summed E-state index contributed by atoms with van der Waals surface area (Å²) >= 11 is 0. The molecule has 0 bridgehead atoms. The molecule has 172 valence electrons. The van der Waals surface area contributed by atoms with E-state index < -0.39 is 0 Å². The number of carbonyl (C=O) groups is 2. The van der Waals surface area contributed by atoms with Crippen molar-refractivity contribution in [3.63, 3.8) is 0 Å². The second kappa shape index (κ2) is 14.8. The summed E-state index contributed by atoms with van der Waals surface area (Å²) in [7, 11) is 1.65. The maximum atomic E-state index is 12.2. The first-order chi connectivity index (χ1) is 15.6. The number of aryl methyl sites for hydroxylation is 1. The molecule has 0 saturated heterocycles. The minimum absolute atomic E-state index is 0.0113. The van der Waals surface area contributed by atoms with Crippen LogP contribution in [-0.4, -0.2) is 45.4 Å². The molecule has 2 aromatic carbocycles. The van der Waals surface area contributed by atoms with Crippen molar-refractivity contribution in [2.45, 2.75) is 25.8 Å². The van der Waals surface area contributed by atoms with Crippen molar-refractivity contribution in [2.24, 2.45) is 0 Å². The molecule has 0 spiro atoms. The number of benzene rings is 2. The molecule has 2 N–H and O–H groups in total. The lowest BCUT2D eigenvalue weighted by Crippen LogP contribution is -2.22. The molecule has 2 amide bonds. The van der Waals surface area contributed by atoms with E-state index in [1.54, 1.807) is 7.11 Å². The summed E-state index contributed by atoms with van der Waals surface area (Å²) in [5.74, 6) is 0.535. The molecule has 0 heterocycles. The Labute approximate surface area is 189 Å². The fourth-order valence-electron chi connectivity index (χ4n) is 2.79. The highest BCUT2D eigenvalue weighted by Crippen LogP contribution is 2.13. The predicted molar refractivity (Wildman–Crippen MR) is 125 cm³/mol. The van der Waals surface area contributed by atoms with Crippen LogP contribution in [0, 0.1) is 0 Å². The Bertz CT molecular complexity index is 834. The summed E-state index contributed by atoms with van der Waals surface area (Å²) in [6.07, 6.45) is 3.06. The Balaban J connectivity index is 1.62. The predicted octanol–water partition coefficient (Wildman–Crippen LogP) is 3.49. The lowest BCUT2D eigenvalue weighted by molar-refractivity contribution is -0.121. The SMILES string of the molecule is C=CC(=O)Nc1ccc(CCC(=O)NCc2ccc(OCCCOCCOC)cc2)cc1. The zero-order valence-electron chi connectivity index (χ0n) is 18.6. The van der Waals surface area contributed by atoms with E-state index in [0.29, 0.717) is 51.5 Å². The van der Waals surface area contributed by atoms with Gasteiger partial charge in [-0.1, -0.05) is 30.8 Å². The Hall–Kier alpha value is -3.16. The number of anilines is 1. The lowest BCUT2D eigenvalue weighted by atomic mass is 10.1. The van der Waals surface area contributed by atoms with Gasteiger partial charge in [0.2, 0.25) is 11.8 Å². The average molecular weight is 441 g/mol. The molecule has 0 unspecified atom stereocenters. The molecule has 0 aromatic heterocycles. The van der Waals surface area contributed by atoms with Gasteiger partial charge in [-0.2, -0.15) is 0 Å². The van der Waals surface area contributed by atoms with E-state index in [1.807, 2.05) is 48.5 Å². The highest BCUT2D eigenvalue weighted by Gasteiger charge is 2.04. The number of nitrogens with one attached hydrogen (secondary N) is 2. The van der Waals surface area contributed by atoms with Crippen molar-refractivity contribution in [1.29, 1.82) is 0 Å². The smallest absolute Gasteiger partial charge is 0.247 e. The van der Waals surface area contributed by atoms with Crippen molar-refractivity contribution in [3.05, 3.63) is 72.3 Å². The first-order valence-electron chi connectivity index (χ1n) is 10.7. The summed E-state index contributed by atoms with van der Waals surface area (Å²) in [5.41, 5.74) is 2.74. The van der Waals surface area contributed by atoms with Crippen molar-refractivity contribution >= 4 is 17.5 Å². The Morgan fingerprint density at radius 2 is 1.66 bits per heavy atom. The van der Waals surface area contributed by atoms with Gasteiger partial charge in [-0.15, -0.1) is 0 Å². The molecule has 2 aromatic rings. The minimum Gasteiger partial charge on any atom is -0.494 e. The summed E-state index contributed by atoms with van der Waals surface area (Å²) in [5, 5.41) is 5.63. The van der Waals surface area contributed by atoms with Gasteiger partial charge in [-0.05, 0) is 47.9 Å². The van der Waals surface area contributed by atoms with Crippen LogP contribution in [-0.2, 0) is 32.0 Å². The van der Waals surface area contributed by atoms with Gasteiger partial charge in [-0.25, -0.2) is 0 Å². The van der Waals surface area contributed by atoms with Crippen LogP contribution in [0.15, 0.2) is 61.2 Å². The van der Waals surface area contributed by atoms with E-state index in [1.165, 1.54) is 6.08 Å². The number of amides is 2. The number of carbonyl (C=O) groups excluding carboxylic acids is 2. The third kappa shape index (κ3) is 10.2. The van der Waals surface area contributed by atoms with E-state index in [-0.39, 0.29) is 11.8 Å². The molecule has 0 fully saturated rings. The summed E-state index contributed by atoms with van der Waals surface area (Å²) in [4.78, 5) is 23.4. The van der Waals surface area contributed by atoms with Gasteiger partial charge in [0.15, 0.2) is 0 Å². The van der Waals surface area contributed by atoms with E-state index in [9.17, 15) is 9.59 Å². The average Bonchev–Trinajstić information content (AvgIpc) is 2.82. The standard InChI is InChI=1S/C25H32N2O5/c1-3-24(28)27-22-10-5-20(6-11-22)9-14-25(29)26-19-21-7-12-23(13-8-21)32-16-4-15-31-18-17-30-2/h3,5-8,10-13H,1,4,9,14-19H2,2H3,(H,26,29)(H,27,28). The second-order valence-corrected chi connectivity index (χ2v) is 7.12. The molecule has 0 atom stereocenters. The molecular formula is C25H32N2O5. The van der Waals surface area contributed by atoms with Gasteiger partial charge in [0, 0.05) is 38.8 Å². The Morgan fingerprint density at radius 1 is 0.938 bits per heavy atom. The van der Waals surface area contributed by atoms with Gasteiger partial charge < -0.3 is 24.8 Å². The normalized spacial score (nSPS) is 10.4. The fourth-order valence-corrected chi connectivity index (χ4v) is 2.79. The van der Waals surface area contributed by atoms with Crippen LogP contribution in [0.3, 0.4) is 0 Å². The van der Waals surface area contributed by atoms with E-state index in [2.05, 4.69) is 17.2 Å². The molecule has 0 radical (unpaired) electrons. The highest BCUT2D eigenvalue weighted by atomic mass is 16.5. The quantitative estimate of drug-likeness (QED) is 0.327. The van der Waals surface area contributed by atoms with E-state index in [0.717, 1.165) is 23.3 Å². The molecule has 0 aliphatic carbocycles. The third-order valence-electron chi connectivity index (χ3n) is 4.59. The van der Waals surface area contributed by atoms with Gasteiger partial charge in [-0.3, -0.25) is 9.59 Å². The van der Waals surface area contributed by atoms with Crippen LogP contribution < -0.4 is 15.4 Å². The van der Waals surface area contributed by atoms with E-state index in [4.69, 9.17) is 14.2 Å². The first kappa shape index (κ1) is 25.1. The number of rotatable bonds is 15. The Morgan fingerprint density at radius 3 is 2.34 bits per heavy atom. The van der Waals surface area contributed by atoms with Crippen molar-refractivity contribution < 1.29 is 23.8 Å². The first-order valence-corrected chi connectivity index (χ1v) is 10.7. The van der Waals surface area contributed by atoms with Crippen LogP contribution in [0.4, 0.5) is 5.69 Å². The minimum atomic E-state index is -0.250. The maximum Gasteiger partial charge on any atom is 0.247 e. The molecule has 0 aliphatic heterocycles. The van der Waals surface area contributed by atoms with Crippen LogP contribution in [0.1, 0.15) is 24.0 Å². The van der Waals surface area contributed by atoms with Crippen LogP contribution in [0.25, 0.3) is 0 Å². The van der Waals surface area contributed by atoms with Crippen LogP contribution in [0.2, 0.25) is 0 Å². The monoisotopic (exact) mass is 440 g/mol. The molecule has 0 saturated carbocycles. The van der Waals surface area contributed by atoms with Crippen LogP contribution in [0.5, 0.6) is 5.75 Å². The zero-order valence-corrected chi connectivity index (χ0v) is 18.6. The Kier molecular flexibility index (Phi) is 11.6. The summed E-state index contributed by atoms with van der Waals surface area (Å²) in [6, 6.07) is 15.1. The fraction of sp³-hybridized carbons (Fsp3) is 0.360. The molecule has 0 aliphatic rings. The van der Waals surface area contributed by atoms with Crippen LogP contribution >= 0.6 is 0 Å². The zero-order chi connectivity index (χ0) is 23.0. The molecule has 7 heteroatoms. The summed E-state index contributed by atoms with van der Waals surface area (Å²) < 4.78 is 16.0. The van der Waals surface area contributed by atoms with Gasteiger partial charge in [0.25, 0.3) is 0 Å². The number of ether oxygens (including phenoxy) is 3. The number of methoxy groups -OCH3 is 1. The molecule has 7 nitrogen and oxygen atoms in total. The highest BCUT2D eigenvalue weighted by molar-refractivity contribution is 5.98. The van der Waals surface area contributed by atoms with Gasteiger partial charge >= 0.3 is 0 Å². The maximum absolute atomic E-state index is 12.2. The molecule has 2 rings (SSSR count). The second-order valence-electron chi connectivity index (χ2n) is 7.12. The van der Waals surface area contributed by atoms with E-state index >= 15 is 0 Å². The topological polar surface area (TPSA) is 85.9 Å². The largest absolute Gasteiger partial charge is 0.494 e. The van der Waals surface area contributed by atoms with Gasteiger partial charge in [0.1, 0.15) is 5.75 Å². The van der Waals surface area contributed by atoms with Gasteiger partial charge in [0.05, 0.1) is 19.8 Å².